The van der Waals surface area contributed by atoms with Gasteiger partial charge in [-0.3, -0.25) is 4.79 Å². The van der Waals surface area contributed by atoms with Crippen LogP contribution in [0.1, 0.15) is 18.1 Å². The molecule has 0 amide bonds. The lowest BCUT2D eigenvalue weighted by molar-refractivity contribution is 0.269. The lowest BCUT2D eigenvalue weighted by Gasteiger charge is -2.13. The predicted octanol–water partition coefficient (Wildman–Crippen LogP) is 6.58. The molecular formula is C30H24ClN3O3. The fourth-order valence-corrected chi connectivity index (χ4v) is 4.08. The van der Waals surface area contributed by atoms with Gasteiger partial charge in [0, 0.05) is 16.1 Å². The first kappa shape index (κ1) is 24.3. The van der Waals surface area contributed by atoms with Crippen molar-refractivity contribution in [1.82, 2.24) is 9.66 Å². The van der Waals surface area contributed by atoms with Crippen molar-refractivity contribution >= 4 is 28.7 Å². The van der Waals surface area contributed by atoms with Crippen molar-refractivity contribution in [2.75, 3.05) is 6.61 Å². The van der Waals surface area contributed by atoms with Crippen LogP contribution in [0.2, 0.25) is 5.02 Å². The molecule has 0 spiro atoms. The molecule has 1 heterocycles. The maximum Gasteiger partial charge on any atom is 0.282 e. The third-order valence-corrected chi connectivity index (χ3v) is 6.09. The quantitative estimate of drug-likeness (QED) is 0.222. The number of aromatic nitrogens is 2. The van der Waals surface area contributed by atoms with Gasteiger partial charge in [-0.1, -0.05) is 72.3 Å². The summed E-state index contributed by atoms with van der Waals surface area (Å²) in [5.41, 5.74) is 2.80. The fourth-order valence-electron chi connectivity index (χ4n) is 3.89. The van der Waals surface area contributed by atoms with Crippen LogP contribution >= 0.6 is 11.6 Å². The van der Waals surface area contributed by atoms with Gasteiger partial charge in [0.2, 0.25) is 0 Å². The summed E-state index contributed by atoms with van der Waals surface area (Å²) in [6.45, 7) is 2.69. The van der Waals surface area contributed by atoms with Crippen LogP contribution in [0.4, 0.5) is 0 Å². The van der Waals surface area contributed by atoms with Gasteiger partial charge in [-0.05, 0) is 48.9 Å². The SMILES string of the molecule is CCOc1cc(C=Nn2c(-c3ccccc3)nc3ccccc3c2=O)ccc1OCc1ccccc1Cl. The second-order valence-corrected chi connectivity index (χ2v) is 8.61. The van der Waals surface area contributed by atoms with Crippen LogP contribution in [0.15, 0.2) is 107 Å². The predicted molar refractivity (Wildman–Crippen MR) is 148 cm³/mol. The molecule has 184 valence electrons. The maximum atomic E-state index is 13.4. The summed E-state index contributed by atoms with van der Waals surface area (Å²) >= 11 is 6.26. The van der Waals surface area contributed by atoms with Gasteiger partial charge >= 0.3 is 0 Å². The van der Waals surface area contributed by atoms with E-state index < -0.39 is 0 Å². The van der Waals surface area contributed by atoms with Gasteiger partial charge in [0.05, 0.1) is 23.7 Å². The molecule has 6 nitrogen and oxygen atoms in total. The van der Waals surface area contributed by atoms with Crippen LogP contribution in [-0.4, -0.2) is 22.5 Å². The van der Waals surface area contributed by atoms with Crippen molar-refractivity contribution in [3.8, 4) is 22.9 Å². The van der Waals surface area contributed by atoms with Crippen LogP contribution in [0.5, 0.6) is 11.5 Å². The molecule has 4 aromatic carbocycles. The fraction of sp³-hybridized carbons (Fsp3) is 0.100. The average Bonchev–Trinajstić information content (AvgIpc) is 2.93. The van der Waals surface area contributed by atoms with Crippen molar-refractivity contribution in [2.24, 2.45) is 5.10 Å². The molecule has 0 fully saturated rings. The summed E-state index contributed by atoms with van der Waals surface area (Å²) in [5.74, 6) is 1.63. The standard InChI is InChI=1S/C30H24ClN3O3/c1-2-36-28-18-21(16-17-27(28)37-20-23-12-6-8-14-25(23)31)19-32-34-29(22-10-4-3-5-11-22)33-26-15-9-7-13-24(26)30(34)35/h3-19H,2,20H2,1H3. The number of nitrogens with zero attached hydrogens (tertiary/aromatic N) is 3. The van der Waals surface area contributed by atoms with Crippen molar-refractivity contribution in [2.45, 2.75) is 13.5 Å². The number of benzene rings is 4. The molecule has 0 unspecified atom stereocenters. The molecule has 0 aliphatic heterocycles. The van der Waals surface area contributed by atoms with Crippen LogP contribution in [0.25, 0.3) is 22.3 Å². The summed E-state index contributed by atoms with van der Waals surface area (Å²) in [7, 11) is 0. The van der Waals surface area contributed by atoms with E-state index in [9.17, 15) is 4.79 Å². The van der Waals surface area contributed by atoms with E-state index in [0.29, 0.717) is 46.5 Å². The highest BCUT2D eigenvalue weighted by molar-refractivity contribution is 6.31. The molecule has 0 atom stereocenters. The molecule has 0 aliphatic carbocycles. The molecule has 1 aromatic heterocycles. The first-order valence-electron chi connectivity index (χ1n) is 11.9. The second-order valence-electron chi connectivity index (χ2n) is 8.20. The first-order valence-corrected chi connectivity index (χ1v) is 12.3. The van der Waals surface area contributed by atoms with E-state index in [2.05, 4.69) is 5.10 Å². The molecule has 0 N–H and O–H groups in total. The Bertz CT molecular complexity index is 1630. The van der Waals surface area contributed by atoms with Crippen molar-refractivity contribution in [3.05, 3.63) is 124 Å². The Kier molecular flexibility index (Phi) is 7.28. The topological polar surface area (TPSA) is 65.7 Å². The Balaban J connectivity index is 1.50. The van der Waals surface area contributed by atoms with Gasteiger partial charge in [-0.25, -0.2) is 4.98 Å². The lowest BCUT2D eigenvalue weighted by Crippen LogP contribution is -2.20. The summed E-state index contributed by atoms with van der Waals surface area (Å²) in [6, 6.07) is 29.8. The number of rotatable bonds is 8. The second kappa shape index (κ2) is 11.1. The Morgan fingerprint density at radius 3 is 2.46 bits per heavy atom. The molecule has 37 heavy (non-hydrogen) atoms. The molecule has 0 radical (unpaired) electrons. The summed E-state index contributed by atoms with van der Waals surface area (Å²) in [5, 5.41) is 5.69. The molecule has 7 heteroatoms. The lowest BCUT2D eigenvalue weighted by atomic mass is 10.2. The number of halogens is 1. The molecule has 5 rings (SSSR count). The Hall–Kier alpha value is -4.42. The van der Waals surface area contributed by atoms with Gasteiger partial charge in [-0.15, -0.1) is 0 Å². The van der Waals surface area contributed by atoms with Crippen LogP contribution < -0.4 is 15.0 Å². The van der Waals surface area contributed by atoms with Gasteiger partial charge in [0.1, 0.15) is 6.61 Å². The van der Waals surface area contributed by atoms with E-state index in [1.807, 2.05) is 97.9 Å². The monoisotopic (exact) mass is 509 g/mol. The van der Waals surface area contributed by atoms with Gasteiger partial charge in [0.25, 0.3) is 5.56 Å². The largest absolute Gasteiger partial charge is 0.490 e. The number of para-hydroxylation sites is 1. The third kappa shape index (κ3) is 5.39. The van der Waals surface area contributed by atoms with Crippen molar-refractivity contribution < 1.29 is 9.47 Å². The van der Waals surface area contributed by atoms with E-state index in [-0.39, 0.29) is 5.56 Å². The molecule has 5 aromatic rings. The highest BCUT2D eigenvalue weighted by Gasteiger charge is 2.13. The third-order valence-electron chi connectivity index (χ3n) is 5.72. The van der Waals surface area contributed by atoms with Crippen LogP contribution in [0, 0.1) is 0 Å². The summed E-state index contributed by atoms with van der Waals surface area (Å²) in [4.78, 5) is 18.1. The molecule has 0 aliphatic rings. The minimum absolute atomic E-state index is 0.245. The zero-order chi connectivity index (χ0) is 25.6. The molecular weight excluding hydrogens is 486 g/mol. The highest BCUT2D eigenvalue weighted by atomic mass is 35.5. The molecule has 0 bridgehead atoms. The number of ether oxygens (including phenoxy) is 2. The first-order chi connectivity index (χ1) is 18.1. The van der Waals surface area contributed by atoms with Crippen molar-refractivity contribution in [1.29, 1.82) is 0 Å². The van der Waals surface area contributed by atoms with E-state index in [0.717, 1.165) is 16.7 Å². The number of fused-ring (bicyclic) bond motifs is 1. The Labute approximate surface area is 219 Å². The zero-order valence-electron chi connectivity index (χ0n) is 20.2. The summed E-state index contributed by atoms with van der Waals surface area (Å²) < 4.78 is 13.2. The van der Waals surface area contributed by atoms with E-state index in [1.165, 1.54) is 4.68 Å². The number of hydrogen-bond acceptors (Lipinski definition) is 5. The zero-order valence-corrected chi connectivity index (χ0v) is 20.9. The highest BCUT2D eigenvalue weighted by Crippen LogP contribution is 2.30. The van der Waals surface area contributed by atoms with Crippen LogP contribution in [0.3, 0.4) is 0 Å². The van der Waals surface area contributed by atoms with Crippen molar-refractivity contribution in [3.63, 3.8) is 0 Å². The molecule has 0 saturated carbocycles. The van der Waals surface area contributed by atoms with Crippen LogP contribution in [-0.2, 0) is 6.61 Å². The number of hydrogen-bond donors (Lipinski definition) is 0. The Morgan fingerprint density at radius 2 is 1.65 bits per heavy atom. The van der Waals surface area contributed by atoms with Gasteiger partial charge < -0.3 is 9.47 Å². The normalized spacial score (nSPS) is 11.2. The van der Waals surface area contributed by atoms with E-state index >= 15 is 0 Å². The minimum atomic E-state index is -0.245. The average molecular weight is 510 g/mol. The van der Waals surface area contributed by atoms with Gasteiger partial charge in [0.15, 0.2) is 17.3 Å². The Morgan fingerprint density at radius 1 is 0.892 bits per heavy atom. The smallest absolute Gasteiger partial charge is 0.282 e. The summed E-state index contributed by atoms with van der Waals surface area (Å²) in [6.07, 6.45) is 1.62. The molecule has 0 saturated heterocycles. The van der Waals surface area contributed by atoms with E-state index in [1.54, 1.807) is 12.3 Å². The van der Waals surface area contributed by atoms with E-state index in [4.69, 9.17) is 26.1 Å². The minimum Gasteiger partial charge on any atom is -0.490 e. The van der Waals surface area contributed by atoms with Gasteiger partial charge in [-0.2, -0.15) is 9.78 Å². The maximum absolute atomic E-state index is 13.4.